The third-order valence-corrected chi connectivity index (χ3v) is 4.79. The fourth-order valence-electron chi connectivity index (χ4n) is 2.51. The normalized spacial score (nSPS) is 17.0. The van der Waals surface area contributed by atoms with Crippen molar-refractivity contribution in [2.45, 2.75) is 29.7 Å². The number of hydrogen-bond donors (Lipinski definition) is 2. The summed E-state index contributed by atoms with van der Waals surface area (Å²) in [6.45, 7) is 0.873. The third kappa shape index (κ3) is 4.15. The summed E-state index contributed by atoms with van der Waals surface area (Å²) in [6.07, 6.45) is 2.74. The van der Waals surface area contributed by atoms with Crippen LogP contribution in [-0.2, 0) is 9.53 Å². The van der Waals surface area contributed by atoms with Crippen LogP contribution in [-0.4, -0.2) is 42.0 Å². The summed E-state index contributed by atoms with van der Waals surface area (Å²) in [5, 5.41) is 12.4. The van der Waals surface area contributed by atoms with Crippen molar-refractivity contribution in [2.75, 3.05) is 19.5 Å². The van der Waals surface area contributed by atoms with Crippen LogP contribution in [0.2, 0.25) is 5.02 Å². The molecule has 120 valence electrons. The van der Waals surface area contributed by atoms with Gasteiger partial charge in [0.05, 0.1) is 22.5 Å². The van der Waals surface area contributed by atoms with Gasteiger partial charge in [-0.05, 0) is 37.3 Å². The van der Waals surface area contributed by atoms with Gasteiger partial charge in [0.15, 0.2) is 0 Å². The molecule has 1 aromatic rings. The Hall–Kier alpha value is -1.24. The maximum absolute atomic E-state index is 12.6. The SMILES string of the molecule is CSc1ccc(Cl)c(C(=O)NC2(CC(=O)O)CCOCC2)c1. The molecular formula is C15H18ClNO4S. The second-order valence-electron chi connectivity index (χ2n) is 5.26. The van der Waals surface area contributed by atoms with Gasteiger partial charge in [-0.2, -0.15) is 0 Å². The van der Waals surface area contributed by atoms with Crippen LogP contribution in [0.1, 0.15) is 29.6 Å². The van der Waals surface area contributed by atoms with E-state index in [0.717, 1.165) is 4.90 Å². The van der Waals surface area contributed by atoms with Crippen molar-refractivity contribution >= 4 is 35.2 Å². The quantitative estimate of drug-likeness (QED) is 0.804. The Bertz CT molecular complexity index is 573. The first-order valence-corrected chi connectivity index (χ1v) is 8.52. The molecule has 7 heteroatoms. The maximum Gasteiger partial charge on any atom is 0.305 e. The molecule has 1 amide bonds. The molecule has 0 spiro atoms. The molecule has 1 aliphatic heterocycles. The third-order valence-electron chi connectivity index (χ3n) is 3.74. The largest absolute Gasteiger partial charge is 0.481 e. The van der Waals surface area contributed by atoms with E-state index < -0.39 is 11.5 Å². The zero-order chi connectivity index (χ0) is 16.2. The molecule has 0 aliphatic carbocycles. The molecule has 5 nitrogen and oxygen atoms in total. The van der Waals surface area contributed by atoms with E-state index in [4.69, 9.17) is 21.4 Å². The number of benzene rings is 1. The minimum Gasteiger partial charge on any atom is -0.481 e. The van der Waals surface area contributed by atoms with Crippen LogP contribution in [0.5, 0.6) is 0 Å². The van der Waals surface area contributed by atoms with Gasteiger partial charge < -0.3 is 15.2 Å². The van der Waals surface area contributed by atoms with Gasteiger partial charge >= 0.3 is 5.97 Å². The number of carbonyl (C=O) groups excluding carboxylic acids is 1. The van der Waals surface area contributed by atoms with Crippen LogP contribution >= 0.6 is 23.4 Å². The predicted octanol–water partition coefficient (Wildman–Crippen LogP) is 2.82. The average Bonchev–Trinajstić information content (AvgIpc) is 2.47. The number of carboxylic acid groups (broad SMARTS) is 1. The first kappa shape index (κ1) is 17.1. The van der Waals surface area contributed by atoms with Gasteiger partial charge in [-0.15, -0.1) is 11.8 Å². The lowest BCUT2D eigenvalue weighted by Crippen LogP contribution is -2.53. The van der Waals surface area contributed by atoms with Crippen LogP contribution in [0, 0.1) is 0 Å². The average molecular weight is 344 g/mol. The maximum atomic E-state index is 12.6. The minimum atomic E-state index is -0.939. The zero-order valence-corrected chi connectivity index (χ0v) is 13.8. The van der Waals surface area contributed by atoms with Crippen molar-refractivity contribution in [3.8, 4) is 0 Å². The van der Waals surface area contributed by atoms with Gasteiger partial charge in [0.1, 0.15) is 0 Å². The highest BCUT2D eigenvalue weighted by atomic mass is 35.5. The Kier molecular flexibility index (Phi) is 5.72. The number of nitrogens with one attached hydrogen (secondary N) is 1. The van der Waals surface area contributed by atoms with E-state index in [1.165, 1.54) is 11.8 Å². The van der Waals surface area contributed by atoms with Gasteiger partial charge in [0, 0.05) is 18.1 Å². The molecule has 0 bridgehead atoms. The van der Waals surface area contributed by atoms with Gasteiger partial charge in [-0.1, -0.05) is 11.6 Å². The van der Waals surface area contributed by atoms with E-state index in [9.17, 15) is 9.59 Å². The molecule has 1 saturated heterocycles. The van der Waals surface area contributed by atoms with Crippen molar-refractivity contribution in [1.29, 1.82) is 0 Å². The molecule has 0 atom stereocenters. The number of carboxylic acids is 1. The van der Waals surface area contributed by atoms with Crippen molar-refractivity contribution < 1.29 is 19.4 Å². The molecule has 1 aliphatic rings. The Morgan fingerprint density at radius 1 is 1.41 bits per heavy atom. The lowest BCUT2D eigenvalue weighted by Gasteiger charge is -2.37. The highest BCUT2D eigenvalue weighted by molar-refractivity contribution is 7.98. The second kappa shape index (κ2) is 7.35. The van der Waals surface area contributed by atoms with Crippen molar-refractivity contribution in [2.24, 2.45) is 0 Å². The highest BCUT2D eigenvalue weighted by Crippen LogP contribution is 2.27. The Morgan fingerprint density at radius 3 is 2.68 bits per heavy atom. The van der Waals surface area contributed by atoms with Crippen LogP contribution in [0.4, 0.5) is 0 Å². The molecule has 1 heterocycles. The highest BCUT2D eigenvalue weighted by Gasteiger charge is 2.37. The predicted molar refractivity (Wildman–Crippen MR) is 85.7 cm³/mol. The van der Waals surface area contributed by atoms with E-state index in [1.54, 1.807) is 12.1 Å². The molecule has 2 N–H and O–H groups in total. The molecule has 22 heavy (non-hydrogen) atoms. The summed E-state index contributed by atoms with van der Waals surface area (Å²) < 4.78 is 5.28. The summed E-state index contributed by atoms with van der Waals surface area (Å²) >= 11 is 7.62. The lowest BCUT2D eigenvalue weighted by molar-refractivity contribution is -0.139. The van der Waals surface area contributed by atoms with E-state index in [0.29, 0.717) is 36.6 Å². The molecular weight excluding hydrogens is 326 g/mol. The number of aliphatic carboxylic acids is 1. The second-order valence-corrected chi connectivity index (χ2v) is 6.55. The number of halogens is 1. The fourth-order valence-corrected chi connectivity index (χ4v) is 3.15. The number of thioether (sulfide) groups is 1. The molecule has 1 aromatic carbocycles. The van der Waals surface area contributed by atoms with E-state index >= 15 is 0 Å². The minimum absolute atomic E-state index is 0.123. The molecule has 0 unspecified atom stereocenters. The Labute approximate surface area is 138 Å². The van der Waals surface area contributed by atoms with Gasteiger partial charge in [0.25, 0.3) is 5.91 Å². The number of carbonyl (C=O) groups is 2. The number of hydrogen-bond acceptors (Lipinski definition) is 4. The van der Waals surface area contributed by atoms with E-state index in [2.05, 4.69) is 5.32 Å². The van der Waals surface area contributed by atoms with Gasteiger partial charge in [-0.3, -0.25) is 9.59 Å². The molecule has 2 rings (SSSR count). The number of ether oxygens (including phenoxy) is 1. The first-order valence-electron chi connectivity index (χ1n) is 6.91. The molecule has 0 radical (unpaired) electrons. The van der Waals surface area contributed by atoms with E-state index in [-0.39, 0.29) is 12.3 Å². The van der Waals surface area contributed by atoms with Crippen LogP contribution in [0.25, 0.3) is 0 Å². The Morgan fingerprint density at radius 2 is 2.09 bits per heavy atom. The number of rotatable bonds is 5. The first-order chi connectivity index (χ1) is 10.5. The summed E-state index contributed by atoms with van der Waals surface area (Å²) in [5.41, 5.74) is -0.412. The summed E-state index contributed by atoms with van der Waals surface area (Å²) in [6, 6.07) is 5.23. The smallest absolute Gasteiger partial charge is 0.305 e. The standard InChI is InChI=1S/C15H18ClNO4S/c1-22-10-2-3-12(16)11(8-10)14(20)17-15(9-13(18)19)4-6-21-7-5-15/h2-3,8H,4-7,9H2,1H3,(H,17,20)(H,18,19). The fraction of sp³-hybridized carbons (Fsp3) is 0.467. The van der Waals surface area contributed by atoms with Crippen LogP contribution in [0.3, 0.4) is 0 Å². The van der Waals surface area contributed by atoms with Crippen molar-refractivity contribution in [3.63, 3.8) is 0 Å². The monoisotopic (exact) mass is 343 g/mol. The zero-order valence-electron chi connectivity index (χ0n) is 12.2. The topological polar surface area (TPSA) is 75.6 Å². The summed E-state index contributed by atoms with van der Waals surface area (Å²) in [4.78, 5) is 24.6. The van der Waals surface area contributed by atoms with Crippen LogP contribution in [0.15, 0.2) is 23.1 Å². The molecule has 0 saturated carbocycles. The lowest BCUT2D eigenvalue weighted by atomic mass is 9.86. The van der Waals surface area contributed by atoms with Crippen molar-refractivity contribution in [3.05, 3.63) is 28.8 Å². The van der Waals surface area contributed by atoms with Crippen LogP contribution < -0.4 is 5.32 Å². The van der Waals surface area contributed by atoms with E-state index in [1.807, 2.05) is 12.3 Å². The van der Waals surface area contributed by atoms with Gasteiger partial charge in [0.2, 0.25) is 0 Å². The number of amides is 1. The molecule has 1 fully saturated rings. The Balaban J connectivity index is 2.22. The van der Waals surface area contributed by atoms with Gasteiger partial charge in [-0.25, -0.2) is 0 Å². The summed E-state index contributed by atoms with van der Waals surface area (Å²) in [7, 11) is 0. The summed E-state index contributed by atoms with van der Waals surface area (Å²) in [5.74, 6) is -1.28. The van der Waals surface area contributed by atoms with Crippen molar-refractivity contribution in [1.82, 2.24) is 5.32 Å². The molecule has 0 aromatic heterocycles.